The molecule has 0 aliphatic heterocycles. The van der Waals surface area contributed by atoms with Crippen LogP contribution in [0.2, 0.25) is 0 Å². The molecule has 2 rings (SSSR count). The van der Waals surface area contributed by atoms with Gasteiger partial charge in [-0.05, 0) is 30.5 Å². The summed E-state index contributed by atoms with van der Waals surface area (Å²) in [6, 6.07) is 3.76. The van der Waals surface area contributed by atoms with Gasteiger partial charge in [-0.15, -0.1) is 0 Å². The molecule has 6 heteroatoms. The van der Waals surface area contributed by atoms with Crippen molar-refractivity contribution >= 4 is 10.0 Å². The van der Waals surface area contributed by atoms with Crippen molar-refractivity contribution in [3.05, 3.63) is 29.6 Å². The Labute approximate surface area is 126 Å². The Bertz CT molecular complexity index is 581. The molecule has 21 heavy (non-hydrogen) atoms. The number of rotatable bonds is 4. The van der Waals surface area contributed by atoms with Crippen LogP contribution < -0.4 is 5.73 Å². The Hall–Kier alpha value is -0.980. The van der Waals surface area contributed by atoms with Crippen molar-refractivity contribution in [2.45, 2.75) is 56.0 Å². The Balaban J connectivity index is 2.34. The fourth-order valence-corrected chi connectivity index (χ4v) is 4.57. The molecule has 0 radical (unpaired) electrons. The Morgan fingerprint density at radius 2 is 1.86 bits per heavy atom. The van der Waals surface area contributed by atoms with E-state index in [0.717, 1.165) is 44.6 Å². The maximum atomic E-state index is 13.5. The van der Waals surface area contributed by atoms with Crippen molar-refractivity contribution in [2.75, 3.05) is 7.05 Å². The van der Waals surface area contributed by atoms with Crippen LogP contribution in [0.4, 0.5) is 4.39 Å². The van der Waals surface area contributed by atoms with E-state index in [0.29, 0.717) is 5.56 Å². The standard InChI is InChI=1S/C15H23FN2O2S/c1-18(14-6-4-2-3-5-7-14)21(19,20)15-10-13(16)9-8-12(15)11-17/h8-10,14H,2-7,11,17H2,1H3. The van der Waals surface area contributed by atoms with Crippen molar-refractivity contribution in [3.8, 4) is 0 Å². The lowest BCUT2D eigenvalue weighted by molar-refractivity contribution is 0.335. The molecule has 1 aliphatic carbocycles. The van der Waals surface area contributed by atoms with Gasteiger partial charge in [-0.2, -0.15) is 4.31 Å². The monoisotopic (exact) mass is 314 g/mol. The quantitative estimate of drug-likeness (QED) is 0.869. The lowest BCUT2D eigenvalue weighted by Crippen LogP contribution is -2.37. The average Bonchev–Trinajstić information content (AvgIpc) is 2.75. The maximum absolute atomic E-state index is 13.5. The van der Waals surface area contributed by atoms with E-state index in [1.165, 1.54) is 16.4 Å². The largest absolute Gasteiger partial charge is 0.326 e. The smallest absolute Gasteiger partial charge is 0.243 e. The molecule has 1 saturated carbocycles. The molecule has 2 N–H and O–H groups in total. The Morgan fingerprint density at radius 3 is 2.43 bits per heavy atom. The molecule has 118 valence electrons. The van der Waals surface area contributed by atoms with E-state index in [1.54, 1.807) is 7.05 Å². The van der Waals surface area contributed by atoms with Crippen molar-refractivity contribution in [3.63, 3.8) is 0 Å². The molecule has 1 aliphatic rings. The van der Waals surface area contributed by atoms with E-state index in [4.69, 9.17) is 5.73 Å². The number of benzene rings is 1. The number of sulfonamides is 1. The first-order chi connectivity index (χ1) is 9.96. The normalized spacial score (nSPS) is 17.9. The number of halogens is 1. The van der Waals surface area contributed by atoms with Crippen LogP contribution in [0.3, 0.4) is 0 Å². The predicted molar refractivity (Wildman–Crippen MR) is 80.7 cm³/mol. The highest BCUT2D eigenvalue weighted by molar-refractivity contribution is 7.89. The van der Waals surface area contributed by atoms with Crippen LogP contribution in [0.5, 0.6) is 0 Å². The molecule has 0 atom stereocenters. The molecule has 0 aromatic heterocycles. The molecule has 0 spiro atoms. The van der Waals surface area contributed by atoms with Gasteiger partial charge in [0.25, 0.3) is 0 Å². The zero-order valence-corrected chi connectivity index (χ0v) is 13.2. The van der Waals surface area contributed by atoms with Gasteiger partial charge in [0.2, 0.25) is 10.0 Å². The summed E-state index contributed by atoms with van der Waals surface area (Å²) >= 11 is 0. The molecular formula is C15H23FN2O2S. The zero-order valence-electron chi connectivity index (χ0n) is 12.4. The second-order valence-corrected chi connectivity index (χ2v) is 7.59. The second kappa shape index (κ2) is 6.85. The molecule has 0 heterocycles. The van der Waals surface area contributed by atoms with Gasteiger partial charge >= 0.3 is 0 Å². The Morgan fingerprint density at radius 1 is 1.24 bits per heavy atom. The molecule has 0 unspecified atom stereocenters. The SMILES string of the molecule is CN(C1CCCCCC1)S(=O)(=O)c1cc(F)ccc1CN. The number of hydrogen-bond donors (Lipinski definition) is 1. The van der Waals surface area contributed by atoms with Gasteiger partial charge in [0, 0.05) is 19.6 Å². The van der Waals surface area contributed by atoms with Crippen LogP contribution in [0.25, 0.3) is 0 Å². The van der Waals surface area contributed by atoms with E-state index < -0.39 is 15.8 Å². The summed E-state index contributed by atoms with van der Waals surface area (Å²) in [4.78, 5) is -0.00301. The van der Waals surface area contributed by atoms with E-state index in [2.05, 4.69) is 0 Å². The third kappa shape index (κ3) is 3.62. The minimum Gasteiger partial charge on any atom is -0.326 e. The molecule has 1 fully saturated rings. The third-order valence-electron chi connectivity index (χ3n) is 4.25. The highest BCUT2D eigenvalue weighted by Gasteiger charge is 2.30. The van der Waals surface area contributed by atoms with Gasteiger partial charge in [-0.25, -0.2) is 12.8 Å². The second-order valence-electron chi connectivity index (χ2n) is 5.62. The fourth-order valence-electron chi connectivity index (χ4n) is 2.91. The fraction of sp³-hybridized carbons (Fsp3) is 0.600. The summed E-state index contributed by atoms with van der Waals surface area (Å²) in [6.07, 6.45) is 6.11. The van der Waals surface area contributed by atoms with E-state index in [1.807, 2.05) is 0 Å². The van der Waals surface area contributed by atoms with Crippen LogP contribution in [-0.2, 0) is 16.6 Å². The molecular weight excluding hydrogens is 291 g/mol. The number of nitrogens with two attached hydrogens (primary N) is 1. The van der Waals surface area contributed by atoms with Gasteiger partial charge in [-0.1, -0.05) is 31.7 Å². The Kier molecular flexibility index (Phi) is 5.35. The summed E-state index contributed by atoms with van der Waals surface area (Å²) in [5, 5.41) is 0. The zero-order chi connectivity index (χ0) is 15.5. The number of hydrogen-bond acceptors (Lipinski definition) is 3. The van der Waals surface area contributed by atoms with Gasteiger partial charge in [0.15, 0.2) is 0 Å². The van der Waals surface area contributed by atoms with Crippen LogP contribution in [0, 0.1) is 5.82 Å². The first-order valence-electron chi connectivity index (χ1n) is 7.43. The summed E-state index contributed by atoms with van der Waals surface area (Å²) < 4.78 is 40.4. The average molecular weight is 314 g/mol. The maximum Gasteiger partial charge on any atom is 0.243 e. The lowest BCUT2D eigenvalue weighted by Gasteiger charge is -2.27. The molecule has 1 aromatic rings. The summed E-state index contributed by atoms with van der Waals surface area (Å²) in [7, 11) is -2.11. The van der Waals surface area contributed by atoms with Gasteiger partial charge < -0.3 is 5.73 Å². The first-order valence-corrected chi connectivity index (χ1v) is 8.87. The molecule has 1 aromatic carbocycles. The van der Waals surface area contributed by atoms with Crippen molar-refractivity contribution in [1.82, 2.24) is 4.31 Å². The summed E-state index contributed by atoms with van der Waals surface area (Å²) in [5.74, 6) is -0.556. The minimum atomic E-state index is -3.71. The van der Waals surface area contributed by atoms with Crippen molar-refractivity contribution in [1.29, 1.82) is 0 Å². The number of nitrogens with zero attached hydrogens (tertiary/aromatic N) is 1. The van der Waals surface area contributed by atoms with Crippen LogP contribution in [-0.4, -0.2) is 25.8 Å². The third-order valence-corrected chi connectivity index (χ3v) is 6.24. The van der Waals surface area contributed by atoms with E-state index >= 15 is 0 Å². The van der Waals surface area contributed by atoms with Crippen LogP contribution in [0.15, 0.2) is 23.1 Å². The minimum absolute atomic E-state index is 0.00301. The molecule has 4 nitrogen and oxygen atoms in total. The topological polar surface area (TPSA) is 63.4 Å². The van der Waals surface area contributed by atoms with Crippen molar-refractivity contribution in [2.24, 2.45) is 5.73 Å². The van der Waals surface area contributed by atoms with Crippen LogP contribution in [0.1, 0.15) is 44.1 Å². The van der Waals surface area contributed by atoms with Gasteiger partial charge in [0.1, 0.15) is 5.82 Å². The lowest BCUT2D eigenvalue weighted by atomic mass is 10.1. The summed E-state index contributed by atoms with van der Waals surface area (Å²) in [6.45, 7) is 0.0767. The highest BCUT2D eigenvalue weighted by atomic mass is 32.2. The van der Waals surface area contributed by atoms with Gasteiger partial charge in [0.05, 0.1) is 4.90 Å². The summed E-state index contributed by atoms with van der Waals surface area (Å²) in [5.41, 5.74) is 6.05. The predicted octanol–water partition coefficient (Wildman–Crippen LogP) is 2.63. The first kappa shape index (κ1) is 16.4. The van der Waals surface area contributed by atoms with Crippen LogP contribution >= 0.6 is 0 Å². The van der Waals surface area contributed by atoms with E-state index in [-0.39, 0.29) is 17.5 Å². The van der Waals surface area contributed by atoms with E-state index in [9.17, 15) is 12.8 Å². The highest BCUT2D eigenvalue weighted by Crippen LogP contribution is 2.27. The molecule has 0 saturated heterocycles. The molecule has 0 amide bonds. The molecule has 0 bridgehead atoms. The van der Waals surface area contributed by atoms with Gasteiger partial charge in [-0.3, -0.25) is 0 Å². The van der Waals surface area contributed by atoms with Crippen molar-refractivity contribution < 1.29 is 12.8 Å².